The van der Waals surface area contributed by atoms with Gasteiger partial charge in [-0.05, 0) is 31.2 Å². The Morgan fingerprint density at radius 2 is 2.21 bits per heavy atom. The predicted octanol–water partition coefficient (Wildman–Crippen LogP) is 3.82. The molecule has 78 valence electrons. The van der Waals surface area contributed by atoms with E-state index in [0.29, 0.717) is 5.54 Å². The van der Waals surface area contributed by atoms with Crippen molar-refractivity contribution in [3.63, 3.8) is 0 Å². The molecule has 14 heavy (non-hydrogen) atoms. The fraction of sp³-hybridized carbons (Fsp3) is 0.636. The summed E-state index contributed by atoms with van der Waals surface area (Å²) < 4.78 is 0. The van der Waals surface area contributed by atoms with Crippen LogP contribution < -0.4 is 5.32 Å². The van der Waals surface area contributed by atoms with E-state index in [4.69, 9.17) is 11.6 Å². The van der Waals surface area contributed by atoms with Crippen molar-refractivity contribution in [3.05, 3.63) is 21.3 Å². The highest BCUT2D eigenvalue weighted by atomic mass is 35.5. The quantitative estimate of drug-likeness (QED) is 0.831. The molecule has 1 heterocycles. The summed E-state index contributed by atoms with van der Waals surface area (Å²) in [6, 6.07) is 1.97. The van der Waals surface area contributed by atoms with Crippen LogP contribution in [0.5, 0.6) is 0 Å². The zero-order chi connectivity index (χ0) is 10.0. The summed E-state index contributed by atoms with van der Waals surface area (Å²) in [4.78, 5) is 1.26. The monoisotopic (exact) mass is 229 g/mol. The minimum atomic E-state index is 0.354. The van der Waals surface area contributed by atoms with Crippen LogP contribution in [0.25, 0.3) is 0 Å². The largest absolute Gasteiger partial charge is 0.307 e. The van der Waals surface area contributed by atoms with Crippen molar-refractivity contribution in [2.75, 3.05) is 0 Å². The van der Waals surface area contributed by atoms with E-state index in [-0.39, 0.29) is 0 Å². The topological polar surface area (TPSA) is 12.0 Å². The second-order valence-corrected chi connectivity index (χ2v) is 5.72. The van der Waals surface area contributed by atoms with Gasteiger partial charge in [0.05, 0.1) is 5.02 Å². The van der Waals surface area contributed by atoms with E-state index >= 15 is 0 Å². The number of hydrogen-bond donors (Lipinski definition) is 1. The Bertz CT molecular complexity index is 302. The first kappa shape index (κ1) is 10.5. The van der Waals surface area contributed by atoms with Crippen LogP contribution in [0.1, 0.15) is 37.5 Å². The van der Waals surface area contributed by atoms with Crippen molar-refractivity contribution in [1.82, 2.24) is 5.32 Å². The summed E-state index contributed by atoms with van der Waals surface area (Å²) in [6.07, 6.45) is 5.33. The fourth-order valence-corrected chi connectivity index (χ4v) is 3.12. The third kappa shape index (κ3) is 2.30. The Hall–Kier alpha value is -0.0500. The van der Waals surface area contributed by atoms with Crippen molar-refractivity contribution in [2.24, 2.45) is 0 Å². The van der Waals surface area contributed by atoms with Gasteiger partial charge < -0.3 is 5.32 Å². The summed E-state index contributed by atoms with van der Waals surface area (Å²) in [5.41, 5.74) is 0.354. The molecule has 0 aliphatic heterocycles. The molecule has 0 spiro atoms. The van der Waals surface area contributed by atoms with Gasteiger partial charge in [0.2, 0.25) is 0 Å². The minimum absolute atomic E-state index is 0.354. The third-order valence-corrected chi connectivity index (χ3v) is 4.46. The SMILES string of the molecule is CC1(NCc2sccc2Cl)CCCC1. The number of nitrogens with one attached hydrogen (secondary N) is 1. The predicted molar refractivity (Wildman–Crippen MR) is 63.0 cm³/mol. The molecule has 0 unspecified atom stereocenters. The maximum atomic E-state index is 6.04. The Balaban J connectivity index is 1.91. The van der Waals surface area contributed by atoms with Crippen LogP contribution >= 0.6 is 22.9 Å². The maximum absolute atomic E-state index is 6.04. The normalized spacial score (nSPS) is 20.1. The standard InChI is InChI=1S/C11H16ClNS/c1-11(5-2-3-6-11)13-8-10-9(12)4-7-14-10/h4,7,13H,2-3,5-6,8H2,1H3. The van der Waals surface area contributed by atoms with Gasteiger partial charge in [-0.2, -0.15) is 0 Å². The van der Waals surface area contributed by atoms with Gasteiger partial charge in [-0.25, -0.2) is 0 Å². The number of rotatable bonds is 3. The second kappa shape index (κ2) is 4.21. The molecule has 1 aliphatic rings. The van der Waals surface area contributed by atoms with Gasteiger partial charge >= 0.3 is 0 Å². The van der Waals surface area contributed by atoms with E-state index in [1.165, 1.54) is 30.6 Å². The van der Waals surface area contributed by atoms with Gasteiger partial charge in [-0.3, -0.25) is 0 Å². The van der Waals surface area contributed by atoms with Crippen LogP contribution in [0.15, 0.2) is 11.4 Å². The molecule has 3 heteroatoms. The summed E-state index contributed by atoms with van der Waals surface area (Å²) in [7, 11) is 0. The fourth-order valence-electron chi connectivity index (χ4n) is 2.08. The number of thiophene rings is 1. The summed E-state index contributed by atoms with van der Waals surface area (Å²) >= 11 is 7.78. The smallest absolute Gasteiger partial charge is 0.0558 e. The van der Waals surface area contributed by atoms with Crippen molar-refractivity contribution < 1.29 is 0 Å². The Morgan fingerprint density at radius 1 is 1.50 bits per heavy atom. The lowest BCUT2D eigenvalue weighted by molar-refractivity contribution is 0.364. The highest BCUT2D eigenvalue weighted by molar-refractivity contribution is 7.10. The molecule has 1 fully saturated rings. The average Bonchev–Trinajstić information content (AvgIpc) is 2.73. The van der Waals surface area contributed by atoms with Gasteiger partial charge in [-0.1, -0.05) is 24.4 Å². The highest BCUT2D eigenvalue weighted by Crippen LogP contribution is 2.30. The van der Waals surface area contributed by atoms with Crippen molar-refractivity contribution in [1.29, 1.82) is 0 Å². The summed E-state index contributed by atoms with van der Waals surface area (Å²) in [5, 5.41) is 6.59. The molecule has 2 rings (SSSR count). The van der Waals surface area contributed by atoms with Crippen LogP contribution in [-0.4, -0.2) is 5.54 Å². The van der Waals surface area contributed by atoms with Crippen LogP contribution in [0.4, 0.5) is 0 Å². The van der Waals surface area contributed by atoms with Crippen molar-refractivity contribution in [3.8, 4) is 0 Å². The first-order valence-corrected chi connectivity index (χ1v) is 6.42. The third-order valence-electron chi connectivity index (χ3n) is 3.07. The molecule has 1 aromatic heterocycles. The molecule has 1 N–H and O–H groups in total. The van der Waals surface area contributed by atoms with E-state index in [1.54, 1.807) is 11.3 Å². The molecule has 1 nitrogen and oxygen atoms in total. The lowest BCUT2D eigenvalue weighted by Gasteiger charge is -2.25. The van der Waals surface area contributed by atoms with Gasteiger partial charge in [0, 0.05) is 17.0 Å². The summed E-state index contributed by atoms with van der Waals surface area (Å²) in [5.74, 6) is 0. The first-order valence-electron chi connectivity index (χ1n) is 5.17. The molecule has 0 bridgehead atoms. The Labute approximate surface area is 94.5 Å². The zero-order valence-electron chi connectivity index (χ0n) is 8.48. The lowest BCUT2D eigenvalue weighted by atomic mass is 10.0. The van der Waals surface area contributed by atoms with Crippen LogP contribution in [0.3, 0.4) is 0 Å². The molecular weight excluding hydrogens is 214 g/mol. The van der Waals surface area contributed by atoms with E-state index in [9.17, 15) is 0 Å². The van der Waals surface area contributed by atoms with E-state index in [0.717, 1.165) is 11.6 Å². The van der Waals surface area contributed by atoms with E-state index in [1.807, 2.05) is 6.07 Å². The minimum Gasteiger partial charge on any atom is -0.307 e. The average molecular weight is 230 g/mol. The van der Waals surface area contributed by atoms with Crippen LogP contribution in [-0.2, 0) is 6.54 Å². The zero-order valence-corrected chi connectivity index (χ0v) is 10.0. The Kier molecular flexibility index (Phi) is 3.15. The summed E-state index contributed by atoms with van der Waals surface area (Å²) in [6.45, 7) is 3.24. The van der Waals surface area contributed by atoms with Crippen LogP contribution in [0, 0.1) is 0 Å². The molecule has 1 aliphatic carbocycles. The first-order chi connectivity index (χ1) is 6.70. The van der Waals surface area contributed by atoms with E-state index < -0.39 is 0 Å². The number of hydrogen-bond acceptors (Lipinski definition) is 2. The lowest BCUT2D eigenvalue weighted by Crippen LogP contribution is -2.38. The van der Waals surface area contributed by atoms with Gasteiger partial charge in [-0.15, -0.1) is 11.3 Å². The van der Waals surface area contributed by atoms with Gasteiger partial charge in [0.1, 0.15) is 0 Å². The maximum Gasteiger partial charge on any atom is 0.0558 e. The highest BCUT2D eigenvalue weighted by Gasteiger charge is 2.27. The molecule has 1 aromatic rings. The van der Waals surface area contributed by atoms with Gasteiger partial charge in [0.25, 0.3) is 0 Å². The Morgan fingerprint density at radius 3 is 2.79 bits per heavy atom. The van der Waals surface area contributed by atoms with E-state index in [2.05, 4.69) is 17.6 Å². The molecule has 0 radical (unpaired) electrons. The molecule has 0 atom stereocenters. The second-order valence-electron chi connectivity index (χ2n) is 4.31. The van der Waals surface area contributed by atoms with Gasteiger partial charge in [0.15, 0.2) is 0 Å². The van der Waals surface area contributed by atoms with Crippen molar-refractivity contribution >= 4 is 22.9 Å². The molecule has 0 amide bonds. The molecule has 0 saturated heterocycles. The van der Waals surface area contributed by atoms with Crippen LogP contribution in [0.2, 0.25) is 5.02 Å². The molecule has 0 aromatic carbocycles. The number of halogens is 1. The molecule has 1 saturated carbocycles. The molecular formula is C11H16ClNS. The van der Waals surface area contributed by atoms with Crippen molar-refractivity contribution in [2.45, 2.75) is 44.7 Å².